The van der Waals surface area contributed by atoms with Crippen molar-refractivity contribution in [3.63, 3.8) is 0 Å². The van der Waals surface area contributed by atoms with Crippen LogP contribution in [0, 0.1) is 12.7 Å². The molecule has 2 atom stereocenters. The van der Waals surface area contributed by atoms with E-state index < -0.39 is 0 Å². The summed E-state index contributed by atoms with van der Waals surface area (Å²) in [4.78, 5) is 0. The molecule has 1 fully saturated rings. The van der Waals surface area contributed by atoms with Gasteiger partial charge in [0.1, 0.15) is 5.82 Å². The fourth-order valence-electron chi connectivity index (χ4n) is 2.48. The van der Waals surface area contributed by atoms with E-state index in [-0.39, 0.29) is 11.9 Å². The van der Waals surface area contributed by atoms with Crippen LogP contribution in [0.25, 0.3) is 0 Å². The van der Waals surface area contributed by atoms with E-state index in [1.165, 1.54) is 18.9 Å². The Labute approximate surface area is 102 Å². The fraction of sp³-hybridized carbons (Fsp3) is 0.571. The van der Waals surface area contributed by atoms with Crippen LogP contribution in [0.3, 0.4) is 0 Å². The molecular formula is C14H21FN2. The molecule has 2 unspecified atom stereocenters. The van der Waals surface area contributed by atoms with Gasteiger partial charge in [-0.25, -0.2) is 4.39 Å². The van der Waals surface area contributed by atoms with Gasteiger partial charge in [0, 0.05) is 18.6 Å². The van der Waals surface area contributed by atoms with Gasteiger partial charge < -0.3 is 11.1 Å². The lowest BCUT2D eigenvalue weighted by Crippen LogP contribution is -2.46. The lowest BCUT2D eigenvalue weighted by Gasteiger charge is -2.29. The van der Waals surface area contributed by atoms with E-state index in [0.29, 0.717) is 11.6 Å². The van der Waals surface area contributed by atoms with E-state index in [1.54, 1.807) is 6.92 Å². The molecule has 0 bridgehead atoms. The van der Waals surface area contributed by atoms with Gasteiger partial charge >= 0.3 is 0 Å². The first-order valence-electron chi connectivity index (χ1n) is 6.41. The van der Waals surface area contributed by atoms with Gasteiger partial charge in [-0.3, -0.25) is 0 Å². The molecule has 0 spiro atoms. The highest BCUT2D eigenvalue weighted by Crippen LogP contribution is 2.17. The van der Waals surface area contributed by atoms with Crippen molar-refractivity contribution in [2.24, 2.45) is 5.73 Å². The molecule has 94 valence electrons. The third-order valence-electron chi connectivity index (χ3n) is 3.61. The van der Waals surface area contributed by atoms with Crippen LogP contribution in [0.5, 0.6) is 0 Å². The lowest BCUT2D eigenvalue weighted by atomic mass is 9.91. The molecule has 3 N–H and O–H groups in total. The van der Waals surface area contributed by atoms with Crippen LogP contribution in [-0.4, -0.2) is 12.1 Å². The summed E-state index contributed by atoms with van der Waals surface area (Å²) in [5.41, 5.74) is 7.91. The molecule has 1 saturated carbocycles. The SMILES string of the molecule is Cc1cc(CNC2CCCCC2N)ccc1F. The van der Waals surface area contributed by atoms with Crippen molar-refractivity contribution in [2.75, 3.05) is 0 Å². The zero-order chi connectivity index (χ0) is 12.3. The smallest absolute Gasteiger partial charge is 0.126 e. The second kappa shape index (κ2) is 5.61. The van der Waals surface area contributed by atoms with Crippen LogP contribution in [0.4, 0.5) is 4.39 Å². The average molecular weight is 236 g/mol. The summed E-state index contributed by atoms with van der Waals surface area (Å²) in [7, 11) is 0. The van der Waals surface area contributed by atoms with Crippen molar-refractivity contribution in [2.45, 2.75) is 51.2 Å². The van der Waals surface area contributed by atoms with Gasteiger partial charge in [-0.2, -0.15) is 0 Å². The van der Waals surface area contributed by atoms with Gasteiger partial charge in [0.05, 0.1) is 0 Å². The molecule has 0 aliphatic heterocycles. The van der Waals surface area contributed by atoms with Crippen molar-refractivity contribution in [3.05, 3.63) is 35.1 Å². The normalized spacial score (nSPS) is 24.9. The zero-order valence-corrected chi connectivity index (χ0v) is 10.4. The van der Waals surface area contributed by atoms with Crippen LogP contribution in [-0.2, 0) is 6.54 Å². The number of nitrogens with two attached hydrogens (primary N) is 1. The summed E-state index contributed by atoms with van der Waals surface area (Å²) < 4.78 is 13.1. The Morgan fingerprint density at radius 3 is 2.82 bits per heavy atom. The van der Waals surface area contributed by atoms with Gasteiger partial charge in [-0.1, -0.05) is 25.0 Å². The Kier molecular flexibility index (Phi) is 4.13. The molecule has 0 amide bonds. The number of halogens is 1. The van der Waals surface area contributed by atoms with Gasteiger partial charge in [0.15, 0.2) is 0 Å². The van der Waals surface area contributed by atoms with Gasteiger partial charge in [0.2, 0.25) is 0 Å². The highest BCUT2D eigenvalue weighted by Gasteiger charge is 2.20. The fourth-order valence-corrected chi connectivity index (χ4v) is 2.48. The maximum atomic E-state index is 13.1. The summed E-state index contributed by atoms with van der Waals surface area (Å²) in [6, 6.07) is 5.95. The first kappa shape index (κ1) is 12.5. The number of aryl methyl sites for hydroxylation is 1. The van der Waals surface area contributed by atoms with Crippen LogP contribution in [0.2, 0.25) is 0 Å². The van der Waals surface area contributed by atoms with Crippen molar-refractivity contribution >= 4 is 0 Å². The van der Waals surface area contributed by atoms with E-state index in [4.69, 9.17) is 5.73 Å². The molecule has 1 aliphatic carbocycles. The van der Waals surface area contributed by atoms with Crippen molar-refractivity contribution in [1.29, 1.82) is 0 Å². The minimum Gasteiger partial charge on any atom is -0.326 e. The van der Waals surface area contributed by atoms with E-state index in [1.807, 2.05) is 12.1 Å². The molecule has 1 aliphatic rings. The first-order chi connectivity index (χ1) is 8.16. The Morgan fingerprint density at radius 2 is 2.12 bits per heavy atom. The topological polar surface area (TPSA) is 38.0 Å². The number of hydrogen-bond donors (Lipinski definition) is 2. The monoisotopic (exact) mass is 236 g/mol. The van der Waals surface area contributed by atoms with Crippen LogP contribution < -0.4 is 11.1 Å². The Balaban J connectivity index is 1.90. The lowest BCUT2D eigenvalue weighted by molar-refractivity contribution is 0.326. The van der Waals surface area contributed by atoms with Crippen LogP contribution in [0.15, 0.2) is 18.2 Å². The van der Waals surface area contributed by atoms with Gasteiger partial charge in [0.25, 0.3) is 0 Å². The van der Waals surface area contributed by atoms with E-state index >= 15 is 0 Å². The van der Waals surface area contributed by atoms with Crippen molar-refractivity contribution < 1.29 is 4.39 Å². The second-order valence-corrected chi connectivity index (χ2v) is 5.02. The van der Waals surface area contributed by atoms with Crippen molar-refractivity contribution in [3.8, 4) is 0 Å². The number of benzene rings is 1. The zero-order valence-electron chi connectivity index (χ0n) is 10.4. The molecule has 2 rings (SSSR count). The summed E-state index contributed by atoms with van der Waals surface area (Å²) >= 11 is 0. The van der Waals surface area contributed by atoms with E-state index in [2.05, 4.69) is 5.32 Å². The number of rotatable bonds is 3. The molecule has 1 aromatic carbocycles. The Hall–Kier alpha value is -0.930. The van der Waals surface area contributed by atoms with E-state index in [0.717, 1.165) is 24.9 Å². The largest absolute Gasteiger partial charge is 0.326 e. The molecule has 3 heteroatoms. The summed E-state index contributed by atoms with van der Waals surface area (Å²) in [6.45, 7) is 2.57. The molecular weight excluding hydrogens is 215 g/mol. The molecule has 0 heterocycles. The van der Waals surface area contributed by atoms with Crippen LogP contribution >= 0.6 is 0 Å². The quantitative estimate of drug-likeness (QED) is 0.846. The number of nitrogens with one attached hydrogen (secondary N) is 1. The second-order valence-electron chi connectivity index (χ2n) is 5.02. The standard InChI is InChI=1S/C14H21FN2/c1-10-8-11(6-7-12(10)15)9-17-14-5-3-2-4-13(14)16/h6-8,13-14,17H,2-5,9,16H2,1H3. The predicted octanol–water partition coefficient (Wildman–Crippen LogP) is 2.49. The maximum Gasteiger partial charge on any atom is 0.126 e. The molecule has 0 aromatic heterocycles. The Morgan fingerprint density at radius 1 is 1.35 bits per heavy atom. The van der Waals surface area contributed by atoms with Gasteiger partial charge in [-0.15, -0.1) is 0 Å². The molecule has 0 saturated heterocycles. The maximum absolute atomic E-state index is 13.1. The predicted molar refractivity (Wildman–Crippen MR) is 68.2 cm³/mol. The molecule has 17 heavy (non-hydrogen) atoms. The third-order valence-corrected chi connectivity index (χ3v) is 3.61. The van der Waals surface area contributed by atoms with E-state index in [9.17, 15) is 4.39 Å². The van der Waals surface area contributed by atoms with Crippen molar-refractivity contribution in [1.82, 2.24) is 5.32 Å². The highest BCUT2D eigenvalue weighted by atomic mass is 19.1. The average Bonchev–Trinajstić information content (AvgIpc) is 2.32. The molecule has 2 nitrogen and oxygen atoms in total. The summed E-state index contributed by atoms with van der Waals surface area (Å²) in [5.74, 6) is -0.136. The minimum atomic E-state index is -0.136. The van der Waals surface area contributed by atoms with Gasteiger partial charge in [-0.05, 0) is 37.0 Å². The number of hydrogen-bond acceptors (Lipinski definition) is 2. The Bertz CT molecular complexity index is 378. The molecule has 1 aromatic rings. The minimum absolute atomic E-state index is 0.136. The molecule has 0 radical (unpaired) electrons. The highest BCUT2D eigenvalue weighted by molar-refractivity contribution is 5.23. The summed E-state index contributed by atoms with van der Waals surface area (Å²) in [5, 5.41) is 3.49. The first-order valence-corrected chi connectivity index (χ1v) is 6.41. The summed E-state index contributed by atoms with van der Waals surface area (Å²) in [6.07, 6.45) is 4.77. The third kappa shape index (κ3) is 3.27. The van der Waals surface area contributed by atoms with Crippen LogP contribution in [0.1, 0.15) is 36.8 Å².